The molecule has 1 N–H and O–H groups in total. The van der Waals surface area contributed by atoms with Gasteiger partial charge < -0.3 is 10.1 Å². The number of aryl methyl sites for hydroxylation is 1. The van der Waals surface area contributed by atoms with E-state index in [0.717, 1.165) is 18.7 Å². The fraction of sp³-hybridized carbons (Fsp3) is 0.625. The first-order chi connectivity index (χ1) is 9.21. The Morgan fingerprint density at radius 2 is 2.16 bits per heavy atom. The zero-order chi connectivity index (χ0) is 14.1. The highest BCUT2D eigenvalue weighted by Crippen LogP contribution is 2.22. The second-order valence-corrected chi connectivity index (χ2v) is 5.94. The summed E-state index contributed by atoms with van der Waals surface area (Å²) in [6.07, 6.45) is 5.61. The van der Waals surface area contributed by atoms with Gasteiger partial charge >= 0.3 is 0 Å². The molecule has 0 fully saturated rings. The highest BCUT2D eigenvalue weighted by atomic mass is 32.2. The zero-order valence-corrected chi connectivity index (χ0v) is 13.5. The lowest BCUT2D eigenvalue weighted by molar-refractivity contribution is 0.403. The van der Waals surface area contributed by atoms with Crippen LogP contribution in [0.2, 0.25) is 0 Å². The molecule has 0 spiro atoms. The fourth-order valence-electron chi connectivity index (χ4n) is 2.22. The third-order valence-corrected chi connectivity index (χ3v) is 3.90. The molecule has 0 radical (unpaired) electrons. The number of thioether (sulfide) groups is 1. The van der Waals surface area contributed by atoms with Crippen molar-refractivity contribution in [3.05, 3.63) is 29.3 Å². The SMILES string of the molecule is CCCNC(CCSC)Cc1cc(C)ccc1OC. The maximum absolute atomic E-state index is 5.48. The molecule has 108 valence electrons. The summed E-state index contributed by atoms with van der Waals surface area (Å²) in [7, 11) is 1.75. The molecule has 2 nitrogen and oxygen atoms in total. The summed E-state index contributed by atoms with van der Waals surface area (Å²) in [5.41, 5.74) is 2.62. The van der Waals surface area contributed by atoms with Crippen LogP contribution in [0.15, 0.2) is 18.2 Å². The summed E-state index contributed by atoms with van der Waals surface area (Å²) >= 11 is 1.92. The van der Waals surface area contributed by atoms with Crippen molar-refractivity contribution in [3.8, 4) is 5.75 Å². The summed E-state index contributed by atoms with van der Waals surface area (Å²) in [5.74, 6) is 2.22. The van der Waals surface area contributed by atoms with Crippen molar-refractivity contribution < 1.29 is 4.74 Å². The van der Waals surface area contributed by atoms with Crippen molar-refractivity contribution in [2.45, 2.75) is 39.2 Å². The topological polar surface area (TPSA) is 21.3 Å². The van der Waals surface area contributed by atoms with Crippen LogP contribution in [0.4, 0.5) is 0 Å². The lowest BCUT2D eigenvalue weighted by atomic mass is 10.0. The summed E-state index contributed by atoms with van der Waals surface area (Å²) in [5, 5.41) is 3.65. The molecule has 0 heterocycles. The number of methoxy groups -OCH3 is 1. The number of rotatable bonds is 9. The van der Waals surface area contributed by atoms with Crippen molar-refractivity contribution in [1.29, 1.82) is 0 Å². The molecule has 0 aliphatic rings. The Balaban J connectivity index is 2.72. The van der Waals surface area contributed by atoms with E-state index in [2.05, 4.69) is 43.6 Å². The van der Waals surface area contributed by atoms with Crippen molar-refractivity contribution in [3.63, 3.8) is 0 Å². The Labute approximate surface area is 122 Å². The van der Waals surface area contributed by atoms with Crippen LogP contribution in [-0.2, 0) is 6.42 Å². The number of hydrogen-bond acceptors (Lipinski definition) is 3. The summed E-state index contributed by atoms with van der Waals surface area (Å²) in [4.78, 5) is 0. The molecule has 0 aliphatic carbocycles. The normalized spacial score (nSPS) is 12.4. The van der Waals surface area contributed by atoms with Crippen molar-refractivity contribution >= 4 is 11.8 Å². The maximum atomic E-state index is 5.48. The van der Waals surface area contributed by atoms with E-state index in [1.54, 1.807) is 7.11 Å². The lowest BCUT2D eigenvalue weighted by Crippen LogP contribution is -2.32. The molecular formula is C16H27NOS. The monoisotopic (exact) mass is 281 g/mol. The van der Waals surface area contributed by atoms with E-state index in [-0.39, 0.29) is 0 Å². The molecule has 0 saturated heterocycles. The van der Waals surface area contributed by atoms with Crippen LogP contribution >= 0.6 is 11.8 Å². The Morgan fingerprint density at radius 3 is 2.79 bits per heavy atom. The van der Waals surface area contributed by atoms with Gasteiger partial charge in [-0.15, -0.1) is 0 Å². The van der Waals surface area contributed by atoms with Gasteiger partial charge in [0.15, 0.2) is 0 Å². The summed E-state index contributed by atoms with van der Waals surface area (Å²) in [6.45, 7) is 5.44. The van der Waals surface area contributed by atoms with Crippen molar-refractivity contribution in [2.75, 3.05) is 25.7 Å². The van der Waals surface area contributed by atoms with Crippen LogP contribution in [0.25, 0.3) is 0 Å². The van der Waals surface area contributed by atoms with Crippen LogP contribution in [-0.4, -0.2) is 31.7 Å². The molecule has 0 saturated carbocycles. The van der Waals surface area contributed by atoms with E-state index in [4.69, 9.17) is 4.74 Å². The smallest absolute Gasteiger partial charge is 0.122 e. The first-order valence-electron chi connectivity index (χ1n) is 7.07. The van der Waals surface area contributed by atoms with Gasteiger partial charge in [-0.05, 0) is 56.4 Å². The average molecular weight is 281 g/mol. The van der Waals surface area contributed by atoms with Crippen LogP contribution in [0.5, 0.6) is 5.75 Å². The van der Waals surface area contributed by atoms with E-state index in [1.807, 2.05) is 11.8 Å². The molecule has 1 aromatic carbocycles. The standard InChI is InChI=1S/C16H27NOS/c1-5-9-17-15(8-10-19-4)12-14-11-13(2)6-7-16(14)18-3/h6-7,11,15,17H,5,8-10,12H2,1-4H3. The molecular weight excluding hydrogens is 254 g/mol. The molecule has 1 atom stereocenters. The Bertz CT molecular complexity index is 360. The zero-order valence-electron chi connectivity index (χ0n) is 12.7. The van der Waals surface area contributed by atoms with Gasteiger partial charge in [0.2, 0.25) is 0 Å². The number of nitrogens with one attached hydrogen (secondary N) is 1. The Hall–Kier alpha value is -0.670. The summed E-state index contributed by atoms with van der Waals surface area (Å²) < 4.78 is 5.48. The molecule has 1 unspecified atom stereocenters. The van der Waals surface area contributed by atoms with E-state index < -0.39 is 0 Å². The third-order valence-electron chi connectivity index (χ3n) is 3.26. The summed E-state index contributed by atoms with van der Waals surface area (Å²) in [6, 6.07) is 6.98. The first-order valence-corrected chi connectivity index (χ1v) is 8.46. The average Bonchev–Trinajstić information content (AvgIpc) is 2.42. The molecule has 0 aromatic heterocycles. The van der Waals surface area contributed by atoms with Crippen LogP contribution in [0.3, 0.4) is 0 Å². The van der Waals surface area contributed by atoms with Crippen molar-refractivity contribution in [1.82, 2.24) is 5.32 Å². The van der Waals surface area contributed by atoms with Gasteiger partial charge in [0.25, 0.3) is 0 Å². The minimum absolute atomic E-state index is 0.545. The van der Waals surface area contributed by atoms with Gasteiger partial charge in [0, 0.05) is 6.04 Å². The second-order valence-electron chi connectivity index (χ2n) is 4.95. The fourth-order valence-corrected chi connectivity index (χ4v) is 2.74. The van der Waals surface area contributed by atoms with Crippen LogP contribution < -0.4 is 10.1 Å². The third kappa shape index (κ3) is 5.87. The Morgan fingerprint density at radius 1 is 1.37 bits per heavy atom. The highest BCUT2D eigenvalue weighted by Gasteiger charge is 2.12. The number of hydrogen-bond donors (Lipinski definition) is 1. The van der Waals surface area contributed by atoms with Gasteiger partial charge in [0.05, 0.1) is 7.11 Å². The van der Waals surface area contributed by atoms with E-state index >= 15 is 0 Å². The Kier molecular flexibility index (Phi) is 7.99. The van der Waals surface area contributed by atoms with Gasteiger partial charge in [0.1, 0.15) is 5.75 Å². The number of ether oxygens (including phenoxy) is 1. The predicted molar refractivity (Wildman–Crippen MR) is 86.5 cm³/mol. The van der Waals surface area contributed by atoms with Gasteiger partial charge in [-0.25, -0.2) is 0 Å². The van der Waals surface area contributed by atoms with Crippen LogP contribution in [0.1, 0.15) is 30.9 Å². The minimum atomic E-state index is 0.545. The molecule has 0 bridgehead atoms. The molecule has 3 heteroatoms. The van der Waals surface area contributed by atoms with Crippen molar-refractivity contribution in [2.24, 2.45) is 0 Å². The van der Waals surface area contributed by atoms with E-state index in [9.17, 15) is 0 Å². The largest absolute Gasteiger partial charge is 0.496 e. The number of benzene rings is 1. The molecule has 0 amide bonds. The highest BCUT2D eigenvalue weighted by molar-refractivity contribution is 7.98. The molecule has 1 rings (SSSR count). The van der Waals surface area contributed by atoms with Gasteiger partial charge in [-0.3, -0.25) is 0 Å². The van der Waals surface area contributed by atoms with Crippen LogP contribution in [0, 0.1) is 6.92 Å². The lowest BCUT2D eigenvalue weighted by Gasteiger charge is -2.20. The maximum Gasteiger partial charge on any atom is 0.122 e. The van der Waals surface area contributed by atoms with E-state index in [0.29, 0.717) is 6.04 Å². The molecule has 19 heavy (non-hydrogen) atoms. The molecule has 0 aliphatic heterocycles. The van der Waals surface area contributed by atoms with Gasteiger partial charge in [-0.2, -0.15) is 11.8 Å². The second kappa shape index (κ2) is 9.27. The predicted octanol–water partition coefficient (Wildman–Crippen LogP) is 3.67. The first kappa shape index (κ1) is 16.4. The quantitative estimate of drug-likeness (QED) is 0.746. The molecule has 1 aromatic rings. The van der Waals surface area contributed by atoms with Gasteiger partial charge in [-0.1, -0.05) is 24.6 Å². The minimum Gasteiger partial charge on any atom is -0.496 e. The van der Waals surface area contributed by atoms with E-state index in [1.165, 1.54) is 29.7 Å².